The van der Waals surface area contributed by atoms with Gasteiger partial charge in [-0.15, -0.1) is 0 Å². The van der Waals surface area contributed by atoms with Gasteiger partial charge in [-0.05, 0) is 87.4 Å². The number of ether oxygens (including phenoxy) is 15. The number of nitrogens with one attached hydrogen (secondary N) is 5. The molecule has 9 unspecified atom stereocenters. The van der Waals surface area contributed by atoms with E-state index in [0.29, 0.717) is 135 Å². The average molecular weight is 1830 g/mol. The monoisotopic (exact) mass is 1830 g/mol. The zero-order chi connectivity index (χ0) is 95.1. The van der Waals surface area contributed by atoms with Crippen molar-refractivity contribution in [3.05, 3.63) is 108 Å². The Bertz CT molecular complexity index is 3990. The van der Waals surface area contributed by atoms with E-state index in [0.717, 1.165) is 51.3 Å². The van der Waals surface area contributed by atoms with Gasteiger partial charge < -0.3 is 103 Å². The molecule has 0 saturated carbocycles. The van der Waals surface area contributed by atoms with Gasteiger partial charge in [0.15, 0.2) is 49.2 Å². The summed E-state index contributed by atoms with van der Waals surface area (Å²) in [5.74, 6) is -8.18. The summed E-state index contributed by atoms with van der Waals surface area (Å²) >= 11 is 0. The van der Waals surface area contributed by atoms with E-state index < -0.39 is 162 Å². The first kappa shape index (κ1) is 108. The summed E-state index contributed by atoms with van der Waals surface area (Å²) in [6, 6.07) is 28.6. The predicted molar refractivity (Wildman–Crippen MR) is 466 cm³/mol. The molecule has 6 rings (SSSR count). The largest absolute Gasteiger partial charge is 0.463 e. The van der Waals surface area contributed by atoms with Crippen LogP contribution in [0.5, 0.6) is 0 Å². The summed E-state index contributed by atoms with van der Waals surface area (Å²) < 4.78 is 85.9. The predicted octanol–water partition coefficient (Wildman–Crippen LogP) is 6.82. The van der Waals surface area contributed by atoms with Crippen molar-refractivity contribution in [2.75, 3.05) is 92.1 Å². The molecule has 0 aromatic heterocycles. The van der Waals surface area contributed by atoms with Crippen molar-refractivity contribution < 1.29 is 143 Å². The maximum atomic E-state index is 14.7. The second-order valence-electron chi connectivity index (χ2n) is 32.6. The first-order chi connectivity index (χ1) is 62.1. The number of rotatable bonds is 57. The van der Waals surface area contributed by atoms with Gasteiger partial charge in [-0.3, -0.25) is 76.8 Å². The second kappa shape index (κ2) is 57.6. The number of hydrogen-bond acceptors (Lipinski definition) is 31. The normalized spacial score (nSPS) is 21.7. The number of carbonyl (C=O) groups excluding carboxylic acids is 15. The van der Waals surface area contributed by atoms with E-state index in [2.05, 4.69) is 67.9 Å². The number of nitrogens with zero attached hydrogens (tertiary/aromatic N) is 2. The molecule has 6 amide bonds. The van der Waals surface area contributed by atoms with Gasteiger partial charge in [0.1, 0.15) is 55.8 Å². The van der Waals surface area contributed by atoms with Crippen LogP contribution < -0.4 is 26.6 Å². The summed E-state index contributed by atoms with van der Waals surface area (Å²) in [5.41, 5.74) is 0.752. The minimum absolute atomic E-state index is 0.0762. The van der Waals surface area contributed by atoms with Crippen molar-refractivity contribution in [2.24, 2.45) is 0 Å². The molecular weight excluding hydrogens is 1700 g/mol. The minimum atomic E-state index is -1.49. The lowest BCUT2D eigenvalue weighted by molar-refractivity contribution is -0.277. The molecule has 37 heteroatoms. The number of amides is 6. The third-order valence-electron chi connectivity index (χ3n) is 21.7. The van der Waals surface area contributed by atoms with Gasteiger partial charge in [-0.2, -0.15) is 0 Å². The Hall–Kier alpha value is -10.6. The SMILES string of the molecule is CC(=O)NC1C(OC(C)=O)[C@@H](OC(C)=O)C(COC(C)=O)O[C@H]1OCCCCCCC(=O)NCCCN(CCCCN(CCCNC(=O)CCCCCCOCC1(NC(C)=O)COC(COC(C)=O)[C@H](OC(C)=O)C1OC(C)=O)C(c1ccccc1)(c1ccccc1)c1ccccc1)C(=O)CCCCCCO[C@@H]1OC(COC(C)=O)[C@H](OC(C)=O)C(OC(C)=O)C1NC(C)=O. The van der Waals surface area contributed by atoms with Crippen LogP contribution in [0.3, 0.4) is 0 Å². The van der Waals surface area contributed by atoms with E-state index in [-0.39, 0.29) is 96.4 Å². The van der Waals surface area contributed by atoms with Gasteiger partial charge in [0, 0.05) is 155 Å². The average Bonchev–Trinajstić information content (AvgIpc) is 0.735. The number of esters is 9. The Labute approximate surface area is 760 Å². The van der Waals surface area contributed by atoms with Gasteiger partial charge in [-0.25, -0.2) is 0 Å². The van der Waals surface area contributed by atoms with Crippen molar-refractivity contribution in [3.8, 4) is 0 Å². The third-order valence-corrected chi connectivity index (χ3v) is 21.7. The van der Waals surface area contributed by atoms with E-state index in [9.17, 15) is 71.9 Å². The van der Waals surface area contributed by atoms with Crippen LogP contribution in [0.4, 0.5) is 0 Å². The lowest BCUT2D eigenvalue weighted by atomic mass is 9.75. The van der Waals surface area contributed by atoms with Crippen molar-refractivity contribution in [1.82, 2.24) is 36.4 Å². The fourth-order valence-electron chi connectivity index (χ4n) is 16.3. The summed E-state index contributed by atoms with van der Waals surface area (Å²) in [6.45, 7) is 15.7. The molecule has 5 N–H and O–H groups in total. The van der Waals surface area contributed by atoms with Crippen LogP contribution >= 0.6 is 0 Å². The number of hydrogen-bond donors (Lipinski definition) is 5. The zero-order valence-electron chi connectivity index (χ0n) is 77.1. The van der Waals surface area contributed by atoms with Gasteiger partial charge in [0.05, 0.1) is 18.8 Å². The molecule has 14 atom stereocenters. The van der Waals surface area contributed by atoms with Crippen LogP contribution in [0.25, 0.3) is 0 Å². The Kier molecular flexibility index (Phi) is 47.9. The molecule has 0 spiro atoms. The Morgan fingerprint density at radius 3 is 1.15 bits per heavy atom. The third kappa shape index (κ3) is 37.4. The Morgan fingerprint density at radius 1 is 0.377 bits per heavy atom. The highest BCUT2D eigenvalue weighted by molar-refractivity contribution is 5.78. The van der Waals surface area contributed by atoms with Crippen LogP contribution in [0.2, 0.25) is 0 Å². The second-order valence-corrected chi connectivity index (χ2v) is 32.6. The summed E-state index contributed by atoms with van der Waals surface area (Å²) in [6.07, 6.45) is -3.43. The molecule has 37 nitrogen and oxygen atoms in total. The summed E-state index contributed by atoms with van der Waals surface area (Å²) in [4.78, 5) is 194. The van der Waals surface area contributed by atoms with Crippen molar-refractivity contribution in [1.29, 1.82) is 0 Å². The topological polar surface area (TPSA) is 461 Å². The van der Waals surface area contributed by atoms with E-state index in [1.165, 1.54) is 48.5 Å². The van der Waals surface area contributed by atoms with Gasteiger partial charge >= 0.3 is 53.7 Å². The van der Waals surface area contributed by atoms with Crippen molar-refractivity contribution >= 4 is 89.2 Å². The molecule has 130 heavy (non-hydrogen) atoms. The highest BCUT2D eigenvalue weighted by Gasteiger charge is 2.57. The van der Waals surface area contributed by atoms with Crippen molar-refractivity contribution in [3.63, 3.8) is 0 Å². The number of carbonyl (C=O) groups is 15. The maximum Gasteiger partial charge on any atom is 0.303 e. The zero-order valence-corrected chi connectivity index (χ0v) is 77.1. The first-order valence-corrected chi connectivity index (χ1v) is 44.9. The Morgan fingerprint density at radius 2 is 0.738 bits per heavy atom. The van der Waals surface area contributed by atoms with Gasteiger partial charge in [0.2, 0.25) is 35.4 Å². The molecule has 722 valence electrons. The number of unbranched alkanes of at least 4 members (excludes halogenated alkanes) is 10. The van der Waals surface area contributed by atoms with E-state index in [1.807, 2.05) is 59.5 Å². The maximum absolute atomic E-state index is 14.7. The van der Waals surface area contributed by atoms with Crippen LogP contribution in [-0.4, -0.2) is 276 Å². The lowest BCUT2D eigenvalue weighted by Gasteiger charge is -2.48. The molecular formula is C93H135N7O30. The minimum Gasteiger partial charge on any atom is -0.463 e. The molecule has 3 heterocycles. The fourth-order valence-corrected chi connectivity index (χ4v) is 16.3. The molecule has 3 saturated heterocycles. The highest BCUT2D eigenvalue weighted by Crippen LogP contribution is 2.43. The first-order valence-electron chi connectivity index (χ1n) is 44.9. The summed E-state index contributed by atoms with van der Waals surface area (Å²) in [7, 11) is 0. The molecule has 3 aliphatic rings. The molecule has 0 radical (unpaired) electrons. The van der Waals surface area contributed by atoms with E-state index in [4.69, 9.17) is 71.1 Å². The van der Waals surface area contributed by atoms with E-state index >= 15 is 0 Å². The smallest absolute Gasteiger partial charge is 0.303 e. The van der Waals surface area contributed by atoms with Gasteiger partial charge in [0.25, 0.3) is 0 Å². The molecule has 3 fully saturated rings. The fraction of sp³-hybridized carbons (Fsp3) is 0.645. The quantitative estimate of drug-likeness (QED) is 0.0167. The van der Waals surface area contributed by atoms with Crippen LogP contribution in [-0.2, 0) is 149 Å². The van der Waals surface area contributed by atoms with Crippen LogP contribution in [0.1, 0.15) is 222 Å². The molecule has 3 aromatic carbocycles. The molecule has 3 aromatic rings. The van der Waals surface area contributed by atoms with Gasteiger partial charge in [-0.1, -0.05) is 130 Å². The van der Waals surface area contributed by atoms with Crippen molar-refractivity contribution in [2.45, 2.75) is 296 Å². The van der Waals surface area contributed by atoms with Crippen LogP contribution in [0.15, 0.2) is 91.0 Å². The molecule has 0 bridgehead atoms. The molecule has 0 aliphatic carbocycles. The standard InChI is InChI=1S/C93H135N7O30/c1-61(101)96-82-87(126-70(10)110)84(123-67(7)107)77(57-120-65(5)105)129-90(82)117-54-34-17-14-29-45-79(113)94-47-36-50-99(81(115)46-30-15-18-35-55-118-91-83(97-62(2)102)88(127-71(11)111)85(124-68(8)108)78(130-91)58-121-66(6)106)49-31-32-51-100(93(73-38-22-19-23-39-73,74-40-24-20-25-41-74)75-42-26-21-27-43-75)52-37-48-95-80(114)44-28-13-16-33-53-116-59-92(98-63(3)103)60-122-76(56-119-64(4)104)86(125-69(9)109)89(92)128-72(12)112/h19-27,38-43,76-78,82-91H,13-18,28-37,44-60H2,1-12H3,(H,94,113)(H,95,114)(H,96,101)(H,97,102)(H,98,103)/t76?,77?,78?,82?,83?,84-,85-,86-,87?,88?,89?,90+,91+,92?/m0/s1. The Balaban J connectivity index is 1.11. The van der Waals surface area contributed by atoms with E-state index in [1.54, 1.807) is 0 Å². The highest BCUT2D eigenvalue weighted by atomic mass is 16.7. The lowest BCUT2D eigenvalue weighted by Crippen LogP contribution is -2.72. The summed E-state index contributed by atoms with van der Waals surface area (Å²) in [5, 5.41) is 14.4. The molecule has 3 aliphatic heterocycles. The van der Waals surface area contributed by atoms with Crippen LogP contribution in [0, 0.1) is 0 Å². The number of benzene rings is 3.